The zero-order valence-corrected chi connectivity index (χ0v) is 17.3. The van der Waals surface area contributed by atoms with Crippen LogP contribution < -0.4 is 10.1 Å². The Labute approximate surface area is 171 Å². The average Bonchev–Trinajstić information content (AvgIpc) is 3.13. The van der Waals surface area contributed by atoms with Crippen LogP contribution in [0.5, 0.6) is 5.75 Å². The van der Waals surface area contributed by atoms with Gasteiger partial charge in [0.25, 0.3) is 0 Å². The molecule has 0 saturated heterocycles. The van der Waals surface area contributed by atoms with Crippen molar-refractivity contribution in [2.45, 2.75) is 39.4 Å². The van der Waals surface area contributed by atoms with Crippen molar-refractivity contribution < 1.29 is 14.6 Å². The minimum atomic E-state index is -0.915. The van der Waals surface area contributed by atoms with Crippen LogP contribution in [0.25, 0.3) is 11.3 Å². The number of hydrogen-bond acceptors (Lipinski definition) is 4. The van der Waals surface area contributed by atoms with Crippen molar-refractivity contribution in [3.63, 3.8) is 0 Å². The molecule has 6 nitrogen and oxygen atoms in total. The summed E-state index contributed by atoms with van der Waals surface area (Å²) in [6.45, 7) is 7.64. The maximum Gasteiger partial charge on any atom is 0.335 e. The first-order valence-corrected chi connectivity index (χ1v) is 9.54. The van der Waals surface area contributed by atoms with E-state index >= 15 is 0 Å². The largest absolute Gasteiger partial charge is 0.497 e. The molecule has 3 aromatic rings. The van der Waals surface area contributed by atoms with Gasteiger partial charge in [0, 0.05) is 30.4 Å². The maximum absolute atomic E-state index is 11.0. The molecule has 0 bridgehead atoms. The van der Waals surface area contributed by atoms with Gasteiger partial charge in [-0.3, -0.25) is 4.68 Å². The van der Waals surface area contributed by atoms with E-state index in [1.165, 1.54) is 0 Å². The van der Waals surface area contributed by atoms with Gasteiger partial charge in [-0.15, -0.1) is 0 Å². The fourth-order valence-corrected chi connectivity index (χ4v) is 3.00. The van der Waals surface area contributed by atoms with E-state index in [-0.39, 0.29) is 5.54 Å². The summed E-state index contributed by atoms with van der Waals surface area (Å²) in [5, 5.41) is 17.3. The van der Waals surface area contributed by atoms with Crippen molar-refractivity contribution >= 4 is 5.97 Å². The highest BCUT2D eigenvalue weighted by Gasteiger charge is 2.19. The molecule has 0 amide bonds. The molecule has 0 unspecified atom stereocenters. The molecule has 0 fully saturated rings. The van der Waals surface area contributed by atoms with Gasteiger partial charge in [-0.25, -0.2) is 4.79 Å². The molecule has 2 aromatic carbocycles. The molecular formula is C23H27N3O3. The summed E-state index contributed by atoms with van der Waals surface area (Å²) in [5.41, 5.74) is 4.22. The van der Waals surface area contributed by atoms with Crippen LogP contribution in [-0.2, 0) is 18.6 Å². The molecule has 29 heavy (non-hydrogen) atoms. The molecule has 2 N–H and O–H groups in total. The van der Waals surface area contributed by atoms with Gasteiger partial charge in [-0.05, 0) is 50.6 Å². The Bertz CT molecular complexity index is 985. The third kappa shape index (κ3) is 5.03. The summed E-state index contributed by atoms with van der Waals surface area (Å²) in [5.74, 6) is -0.118. The Morgan fingerprint density at radius 3 is 2.48 bits per heavy atom. The second kappa shape index (κ2) is 8.49. The fourth-order valence-electron chi connectivity index (χ4n) is 3.00. The van der Waals surface area contributed by atoms with E-state index < -0.39 is 5.97 Å². The number of nitrogens with zero attached hydrogens (tertiary/aromatic N) is 2. The van der Waals surface area contributed by atoms with Gasteiger partial charge in [0.05, 0.1) is 23.9 Å². The van der Waals surface area contributed by atoms with Gasteiger partial charge >= 0.3 is 5.97 Å². The van der Waals surface area contributed by atoms with Gasteiger partial charge in [0.1, 0.15) is 5.75 Å². The van der Waals surface area contributed by atoms with E-state index in [1.54, 1.807) is 19.2 Å². The number of rotatable bonds is 7. The average molecular weight is 393 g/mol. The number of carboxylic acid groups (broad SMARTS) is 1. The third-order valence-corrected chi connectivity index (χ3v) is 4.67. The zero-order valence-electron chi connectivity index (χ0n) is 17.3. The summed E-state index contributed by atoms with van der Waals surface area (Å²) in [7, 11) is 1.66. The predicted molar refractivity (Wildman–Crippen MR) is 113 cm³/mol. The van der Waals surface area contributed by atoms with Gasteiger partial charge in [0.2, 0.25) is 0 Å². The second-order valence-electron chi connectivity index (χ2n) is 7.96. The van der Waals surface area contributed by atoms with Crippen LogP contribution in [0, 0.1) is 0 Å². The van der Waals surface area contributed by atoms with Crippen molar-refractivity contribution in [1.82, 2.24) is 15.1 Å². The highest BCUT2D eigenvalue weighted by molar-refractivity contribution is 5.87. The van der Waals surface area contributed by atoms with E-state index in [0.717, 1.165) is 28.1 Å². The highest BCUT2D eigenvalue weighted by atomic mass is 16.5. The van der Waals surface area contributed by atoms with E-state index in [1.807, 2.05) is 41.1 Å². The number of nitrogens with one attached hydrogen (secondary N) is 1. The number of carbonyl (C=O) groups is 1. The topological polar surface area (TPSA) is 76.4 Å². The Balaban J connectivity index is 1.80. The predicted octanol–water partition coefficient (Wildman–Crippen LogP) is 4.30. The Kier molecular flexibility index (Phi) is 6.03. The minimum Gasteiger partial charge on any atom is -0.497 e. The van der Waals surface area contributed by atoms with Gasteiger partial charge < -0.3 is 15.2 Å². The molecule has 152 valence electrons. The number of aromatic carboxylic acids is 1. The first-order valence-electron chi connectivity index (χ1n) is 9.54. The van der Waals surface area contributed by atoms with E-state index in [9.17, 15) is 4.79 Å². The summed E-state index contributed by atoms with van der Waals surface area (Å²) < 4.78 is 7.35. The molecule has 3 rings (SSSR count). The summed E-state index contributed by atoms with van der Waals surface area (Å²) in [4.78, 5) is 11.0. The van der Waals surface area contributed by atoms with Crippen molar-refractivity contribution in [1.29, 1.82) is 0 Å². The first kappa shape index (κ1) is 20.6. The van der Waals surface area contributed by atoms with Crippen molar-refractivity contribution in [2.24, 2.45) is 0 Å². The van der Waals surface area contributed by atoms with Crippen molar-refractivity contribution in [3.8, 4) is 17.0 Å². The van der Waals surface area contributed by atoms with Crippen LogP contribution in [0.3, 0.4) is 0 Å². The molecule has 0 aliphatic rings. The number of methoxy groups -OCH3 is 1. The molecule has 6 heteroatoms. The monoisotopic (exact) mass is 393 g/mol. The molecule has 0 saturated carbocycles. The lowest BCUT2D eigenvalue weighted by molar-refractivity contribution is 0.0697. The Hall–Kier alpha value is -3.12. The van der Waals surface area contributed by atoms with Crippen molar-refractivity contribution in [2.75, 3.05) is 7.11 Å². The smallest absolute Gasteiger partial charge is 0.335 e. The Morgan fingerprint density at radius 1 is 1.14 bits per heavy atom. The van der Waals surface area contributed by atoms with E-state index in [4.69, 9.17) is 14.9 Å². The molecule has 0 spiro atoms. The number of ether oxygens (including phenoxy) is 1. The lowest BCUT2D eigenvalue weighted by Crippen LogP contribution is -2.22. The maximum atomic E-state index is 11.0. The number of hydrogen-bond donors (Lipinski definition) is 2. The fraction of sp³-hybridized carbons (Fsp3) is 0.304. The number of aromatic nitrogens is 2. The second-order valence-corrected chi connectivity index (χ2v) is 7.96. The van der Waals surface area contributed by atoms with Crippen LogP contribution >= 0.6 is 0 Å². The molecule has 0 aliphatic carbocycles. The number of benzene rings is 2. The standard InChI is InChI=1S/C23H27N3O3/c1-23(2,3)26-15-19(21(25-26)18-6-5-7-20(12-18)29-4)14-24-13-16-8-10-17(11-9-16)22(27)28/h5-12,15,24H,13-14H2,1-4H3,(H,27,28). The molecule has 1 aromatic heterocycles. The van der Waals surface area contributed by atoms with Gasteiger partial charge in [0.15, 0.2) is 0 Å². The molecule has 0 radical (unpaired) electrons. The van der Waals surface area contributed by atoms with E-state index in [2.05, 4.69) is 32.3 Å². The summed E-state index contributed by atoms with van der Waals surface area (Å²) in [6, 6.07) is 14.8. The van der Waals surface area contributed by atoms with Crippen LogP contribution in [0.15, 0.2) is 54.7 Å². The number of carboxylic acids is 1. The highest BCUT2D eigenvalue weighted by Crippen LogP contribution is 2.28. The van der Waals surface area contributed by atoms with Crippen LogP contribution in [0.2, 0.25) is 0 Å². The van der Waals surface area contributed by atoms with Crippen LogP contribution in [0.1, 0.15) is 42.3 Å². The third-order valence-electron chi connectivity index (χ3n) is 4.67. The lowest BCUT2D eigenvalue weighted by atomic mass is 10.1. The molecule has 0 atom stereocenters. The van der Waals surface area contributed by atoms with Crippen molar-refractivity contribution in [3.05, 3.63) is 71.4 Å². The SMILES string of the molecule is COc1cccc(-c2nn(C(C)(C)C)cc2CNCc2ccc(C(=O)O)cc2)c1. The lowest BCUT2D eigenvalue weighted by Gasteiger charge is -2.18. The summed E-state index contributed by atoms with van der Waals surface area (Å²) in [6.07, 6.45) is 2.08. The van der Waals surface area contributed by atoms with E-state index in [0.29, 0.717) is 18.7 Å². The van der Waals surface area contributed by atoms with Crippen LogP contribution in [0.4, 0.5) is 0 Å². The normalized spacial score (nSPS) is 11.4. The molecular weight excluding hydrogens is 366 g/mol. The zero-order chi connectivity index (χ0) is 21.0. The first-order chi connectivity index (χ1) is 13.8. The summed E-state index contributed by atoms with van der Waals surface area (Å²) >= 11 is 0. The van der Waals surface area contributed by atoms with Crippen LogP contribution in [-0.4, -0.2) is 28.0 Å². The Morgan fingerprint density at radius 2 is 1.86 bits per heavy atom. The quantitative estimate of drug-likeness (QED) is 0.626. The molecule has 0 aliphatic heterocycles. The van der Waals surface area contributed by atoms with Gasteiger partial charge in [-0.2, -0.15) is 5.10 Å². The molecule has 1 heterocycles. The van der Waals surface area contributed by atoms with Gasteiger partial charge in [-0.1, -0.05) is 24.3 Å². The minimum absolute atomic E-state index is 0.126.